The van der Waals surface area contributed by atoms with Crippen LogP contribution in [0.25, 0.3) is 33.4 Å². The van der Waals surface area contributed by atoms with E-state index in [1.165, 1.54) is 120 Å². The molecule has 4 aromatic carbocycles. The molecule has 42 heavy (non-hydrogen) atoms. The predicted molar refractivity (Wildman–Crippen MR) is 179 cm³/mol. The lowest BCUT2D eigenvalue weighted by atomic mass is 9.70. The molecule has 0 saturated heterocycles. The number of hydrogen-bond donors (Lipinski definition) is 0. The van der Waals surface area contributed by atoms with E-state index in [0.717, 1.165) is 0 Å². The normalized spacial score (nSPS) is 14.6. The number of unbranched alkanes of at least 4 members (excludes halogenated alkanes) is 6. The molecule has 4 aromatic rings. The van der Waals surface area contributed by atoms with Crippen LogP contribution in [-0.2, 0) is 23.4 Å². The van der Waals surface area contributed by atoms with Crippen LogP contribution >= 0.6 is 0 Å². The largest absolute Gasteiger partial charge is 0.372 e. The van der Waals surface area contributed by atoms with Crippen LogP contribution in [0.1, 0.15) is 111 Å². The van der Waals surface area contributed by atoms with Crippen LogP contribution in [-0.4, -0.2) is 0 Å². The summed E-state index contributed by atoms with van der Waals surface area (Å²) in [5.41, 5.74) is 16.7. The van der Waals surface area contributed by atoms with Crippen LogP contribution in [0.4, 0.5) is 0 Å². The van der Waals surface area contributed by atoms with Crippen molar-refractivity contribution in [1.82, 2.24) is 0 Å². The number of benzene rings is 4. The van der Waals surface area contributed by atoms with Gasteiger partial charge in [-0.25, -0.2) is 0 Å². The van der Waals surface area contributed by atoms with Gasteiger partial charge in [-0.3, -0.25) is 0 Å². The van der Waals surface area contributed by atoms with Crippen molar-refractivity contribution in [3.05, 3.63) is 106 Å². The molecule has 0 bridgehead atoms. The number of aryl methyl sites for hydroxylation is 2. The molecule has 2 aliphatic rings. The Morgan fingerprint density at radius 2 is 1.02 bits per heavy atom. The Hall–Kier alpha value is -3.16. The van der Waals surface area contributed by atoms with Gasteiger partial charge in [0, 0.05) is 5.41 Å². The van der Waals surface area contributed by atoms with Crippen molar-refractivity contribution in [2.24, 2.45) is 0 Å². The zero-order valence-corrected chi connectivity index (χ0v) is 26.3. The average Bonchev–Trinajstić information content (AvgIpc) is 3.12. The highest BCUT2D eigenvalue weighted by atomic mass is 16.5. The highest BCUT2D eigenvalue weighted by molar-refractivity contribution is 5.85. The smallest absolute Gasteiger partial charge is 0.0727 e. The van der Waals surface area contributed by atoms with Gasteiger partial charge in [0.25, 0.3) is 0 Å². The van der Waals surface area contributed by atoms with E-state index in [2.05, 4.69) is 100 Å². The summed E-state index contributed by atoms with van der Waals surface area (Å²) in [6.07, 6.45) is 13.0. The number of fused-ring (bicyclic) bond motifs is 6. The molecule has 0 fully saturated rings. The van der Waals surface area contributed by atoms with Crippen molar-refractivity contribution in [2.75, 3.05) is 0 Å². The van der Waals surface area contributed by atoms with Crippen LogP contribution in [0.5, 0.6) is 0 Å². The van der Waals surface area contributed by atoms with Crippen molar-refractivity contribution in [3.63, 3.8) is 0 Å². The number of ether oxygens (including phenoxy) is 1. The van der Waals surface area contributed by atoms with Crippen molar-refractivity contribution >= 4 is 0 Å². The maximum absolute atomic E-state index is 6.18. The Morgan fingerprint density at radius 1 is 0.524 bits per heavy atom. The summed E-state index contributed by atoms with van der Waals surface area (Å²) in [4.78, 5) is 0. The van der Waals surface area contributed by atoms with Crippen LogP contribution in [0.2, 0.25) is 0 Å². The summed E-state index contributed by atoms with van der Waals surface area (Å²) in [6, 6.07) is 28.4. The minimum absolute atomic E-state index is 0.111. The lowest BCUT2D eigenvalue weighted by molar-refractivity contribution is 0.110. The fraction of sp³-hybridized carbons (Fsp3) is 0.415. The van der Waals surface area contributed by atoms with E-state index in [0.29, 0.717) is 13.2 Å². The first-order valence-electron chi connectivity index (χ1n) is 16.6. The minimum atomic E-state index is 0.111. The zero-order valence-electron chi connectivity index (χ0n) is 26.3. The van der Waals surface area contributed by atoms with Gasteiger partial charge in [0.15, 0.2) is 0 Å². The SMILES string of the molecule is CCCCCCC1(CCCCCC)c2cc(C)ccc2-c2ccc(-c3ccc4c(c3)COCc3cc(C)ccc3-4)cc21. The topological polar surface area (TPSA) is 9.23 Å². The van der Waals surface area contributed by atoms with E-state index in [1.54, 1.807) is 11.1 Å². The van der Waals surface area contributed by atoms with Crippen LogP contribution in [0.3, 0.4) is 0 Å². The highest BCUT2D eigenvalue weighted by Gasteiger charge is 2.42. The molecular weight excluding hydrogens is 508 g/mol. The standard InChI is InChI=1S/C41H48O/c1-5-7-9-11-21-41(22-12-10-8-6-2)39-24-30(4)14-18-37(39)38-20-16-32(26-40(38)41)31-15-19-36-34(25-31)28-42-27-33-23-29(3)13-17-35(33)36/h13-20,23-26H,5-12,21-22,27-28H2,1-4H3. The monoisotopic (exact) mass is 556 g/mol. The third-order valence-electron chi connectivity index (χ3n) is 9.93. The summed E-state index contributed by atoms with van der Waals surface area (Å²) in [5.74, 6) is 0. The average molecular weight is 557 g/mol. The molecule has 1 heterocycles. The molecule has 0 atom stereocenters. The van der Waals surface area contributed by atoms with Gasteiger partial charge in [0.1, 0.15) is 0 Å². The highest BCUT2D eigenvalue weighted by Crippen LogP contribution is 2.55. The molecule has 0 unspecified atom stereocenters. The van der Waals surface area contributed by atoms with Gasteiger partial charge < -0.3 is 4.74 Å². The summed E-state index contributed by atoms with van der Waals surface area (Å²) >= 11 is 0. The molecule has 6 rings (SSSR count). The van der Waals surface area contributed by atoms with E-state index in [9.17, 15) is 0 Å². The van der Waals surface area contributed by atoms with Gasteiger partial charge in [-0.15, -0.1) is 0 Å². The molecule has 0 saturated carbocycles. The van der Waals surface area contributed by atoms with Crippen LogP contribution < -0.4 is 0 Å². The van der Waals surface area contributed by atoms with Gasteiger partial charge in [-0.1, -0.05) is 137 Å². The quantitative estimate of drug-likeness (QED) is 0.167. The molecule has 0 N–H and O–H groups in total. The molecule has 0 aromatic heterocycles. The first-order valence-corrected chi connectivity index (χ1v) is 16.6. The first-order chi connectivity index (χ1) is 20.5. The second-order valence-electron chi connectivity index (χ2n) is 13.0. The predicted octanol–water partition coefficient (Wildman–Crippen LogP) is 11.9. The van der Waals surface area contributed by atoms with E-state index in [4.69, 9.17) is 4.74 Å². The lowest BCUT2D eigenvalue weighted by Crippen LogP contribution is -2.25. The van der Waals surface area contributed by atoms with Gasteiger partial charge >= 0.3 is 0 Å². The third-order valence-corrected chi connectivity index (χ3v) is 9.93. The lowest BCUT2D eigenvalue weighted by Gasteiger charge is -2.33. The fourth-order valence-electron chi connectivity index (χ4n) is 7.69. The maximum Gasteiger partial charge on any atom is 0.0727 e. The maximum atomic E-state index is 6.18. The molecule has 0 spiro atoms. The molecule has 1 nitrogen and oxygen atoms in total. The number of rotatable bonds is 11. The van der Waals surface area contributed by atoms with Gasteiger partial charge in [-0.05, 0) is 94.5 Å². The molecular formula is C41H48O. The molecule has 1 heteroatoms. The Bertz CT molecular complexity index is 1550. The van der Waals surface area contributed by atoms with Gasteiger partial charge in [-0.2, -0.15) is 0 Å². The molecule has 1 aliphatic heterocycles. The Labute approximate surface area is 254 Å². The summed E-state index contributed by atoms with van der Waals surface area (Å²) < 4.78 is 6.18. The first kappa shape index (κ1) is 28.9. The summed E-state index contributed by atoms with van der Waals surface area (Å²) in [6.45, 7) is 10.4. The second-order valence-corrected chi connectivity index (χ2v) is 13.0. The van der Waals surface area contributed by atoms with Crippen molar-refractivity contribution < 1.29 is 4.74 Å². The Kier molecular flexibility index (Phi) is 8.68. The van der Waals surface area contributed by atoms with Gasteiger partial charge in [0.05, 0.1) is 13.2 Å². The third kappa shape index (κ3) is 5.49. The second kappa shape index (κ2) is 12.6. The Morgan fingerprint density at radius 3 is 1.67 bits per heavy atom. The Balaban J connectivity index is 1.43. The van der Waals surface area contributed by atoms with Crippen molar-refractivity contribution in [3.8, 4) is 33.4 Å². The molecule has 218 valence electrons. The van der Waals surface area contributed by atoms with E-state index < -0.39 is 0 Å². The number of hydrogen-bond acceptors (Lipinski definition) is 1. The minimum Gasteiger partial charge on any atom is -0.372 e. The van der Waals surface area contributed by atoms with Crippen molar-refractivity contribution in [1.29, 1.82) is 0 Å². The molecule has 0 amide bonds. The van der Waals surface area contributed by atoms with Crippen molar-refractivity contribution in [2.45, 2.75) is 111 Å². The summed E-state index contributed by atoms with van der Waals surface area (Å²) in [5, 5.41) is 0. The van der Waals surface area contributed by atoms with Crippen LogP contribution in [0.15, 0.2) is 72.8 Å². The zero-order chi connectivity index (χ0) is 29.1. The summed E-state index contributed by atoms with van der Waals surface area (Å²) in [7, 11) is 0. The van der Waals surface area contributed by atoms with E-state index in [1.807, 2.05) is 0 Å². The van der Waals surface area contributed by atoms with E-state index in [-0.39, 0.29) is 5.41 Å². The molecule has 1 aliphatic carbocycles. The van der Waals surface area contributed by atoms with E-state index >= 15 is 0 Å². The van der Waals surface area contributed by atoms with Gasteiger partial charge in [0.2, 0.25) is 0 Å². The fourth-order valence-corrected chi connectivity index (χ4v) is 7.69. The molecule has 0 radical (unpaired) electrons. The van der Waals surface area contributed by atoms with Crippen LogP contribution in [0, 0.1) is 13.8 Å².